The van der Waals surface area contributed by atoms with E-state index in [4.69, 9.17) is 5.11 Å². The predicted molar refractivity (Wildman–Crippen MR) is 68.8 cm³/mol. The number of benzene rings is 1. The van der Waals surface area contributed by atoms with Crippen LogP contribution in [0.3, 0.4) is 0 Å². The van der Waals surface area contributed by atoms with Crippen molar-refractivity contribution >= 4 is 17.3 Å². The average molecular weight is 234 g/mol. The number of hydrogen-bond donors (Lipinski definition) is 1. The van der Waals surface area contributed by atoms with E-state index in [1.54, 1.807) is 0 Å². The van der Waals surface area contributed by atoms with E-state index in [0.29, 0.717) is 6.42 Å². The van der Waals surface area contributed by atoms with Gasteiger partial charge in [-0.05, 0) is 18.6 Å². The monoisotopic (exact) mass is 234 g/mol. The summed E-state index contributed by atoms with van der Waals surface area (Å²) in [7, 11) is 2.09. The first kappa shape index (κ1) is 11.8. The maximum absolute atomic E-state index is 10.5. The van der Waals surface area contributed by atoms with Crippen molar-refractivity contribution in [2.45, 2.75) is 12.8 Å². The number of carbonyl (C=O) groups is 1. The van der Waals surface area contributed by atoms with Gasteiger partial charge in [0.1, 0.15) is 0 Å². The van der Waals surface area contributed by atoms with Crippen molar-refractivity contribution in [2.75, 3.05) is 36.5 Å². The summed E-state index contributed by atoms with van der Waals surface area (Å²) < 4.78 is 0. The van der Waals surface area contributed by atoms with Crippen molar-refractivity contribution in [1.82, 2.24) is 0 Å². The molecule has 0 bridgehead atoms. The molecule has 0 saturated carbocycles. The van der Waals surface area contributed by atoms with Crippen LogP contribution in [-0.2, 0) is 4.79 Å². The number of para-hydroxylation sites is 2. The SMILES string of the molecule is CN1CCN(CCCC(=O)O)c2ccccc21. The van der Waals surface area contributed by atoms with E-state index in [2.05, 4.69) is 29.0 Å². The van der Waals surface area contributed by atoms with Crippen LogP contribution in [-0.4, -0.2) is 37.8 Å². The fraction of sp³-hybridized carbons (Fsp3) is 0.462. The van der Waals surface area contributed by atoms with Crippen molar-refractivity contribution in [1.29, 1.82) is 0 Å². The minimum Gasteiger partial charge on any atom is -0.481 e. The summed E-state index contributed by atoms with van der Waals surface area (Å²) in [5.74, 6) is -0.715. The molecule has 1 aromatic rings. The highest BCUT2D eigenvalue weighted by Crippen LogP contribution is 2.31. The van der Waals surface area contributed by atoms with E-state index in [1.165, 1.54) is 11.4 Å². The zero-order valence-electron chi connectivity index (χ0n) is 10.1. The van der Waals surface area contributed by atoms with Gasteiger partial charge in [-0.3, -0.25) is 4.79 Å². The van der Waals surface area contributed by atoms with Crippen LogP contribution in [0.5, 0.6) is 0 Å². The molecule has 0 saturated heterocycles. The number of carboxylic acids is 1. The molecule has 4 nitrogen and oxygen atoms in total. The molecule has 0 fully saturated rings. The Balaban J connectivity index is 2.05. The molecule has 2 rings (SSSR count). The van der Waals surface area contributed by atoms with Crippen molar-refractivity contribution in [3.63, 3.8) is 0 Å². The number of nitrogens with zero attached hydrogens (tertiary/aromatic N) is 2. The standard InChI is InChI=1S/C13H18N2O2/c1-14-9-10-15(8-4-7-13(16)17)12-6-3-2-5-11(12)14/h2-3,5-6H,4,7-10H2,1H3,(H,16,17). The smallest absolute Gasteiger partial charge is 0.303 e. The van der Waals surface area contributed by atoms with Crippen molar-refractivity contribution in [3.8, 4) is 0 Å². The van der Waals surface area contributed by atoms with Crippen LogP contribution in [0.4, 0.5) is 11.4 Å². The molecular formula is C13H18N2O2. The van der Waals surface area contributed by atoms with Gasteiger partial charge in [0.05, 0.1) is 11.4 Å². The Bertz CT molecular complexity index is 406. The third-order valence-electron chi connectivity index (χ3n) is 3.16. The van der Waals surface area contributed by atoms with Crippen molar-refractivity contribution < 1.29 is 9.90 Å². The third kappa shape index (κ3) is 2.70. The number of hydrogen-bond acceptors (Lipinski definition) is 3. The van der Waals surface area contributed by atoms with Gasteiger partial charge in [-0.25, -0.2) is 0 Å². The number of aliphatic carboxylic acids is 1. The second-order valence-electron chi connectivity index (χ2n) is 4.39. The second kappa shape index (κ2) is 5.08. The van der Waals surface area contributed by atoms with Crippen molar-refractivity contribution in [3.05, 3.63) is 24.3 Å². The Labute approximate surface area is 101 Å². The Kier molecular flexibility index (Phi) is 3.52. The van der Waals surface area contributed by atoms with Crippen LogP contribution in [0.2, 0.25) is 0 Å². The van der Waals surface area contributed by atoms with Gasteiger partial charge < -0.3 is 14.9 Å². The van der Waals surface area contributed by atoms with Crippen LogP contribution in [0.1, 0.15) is 12.8 Å². The normalized spacial score (nSPS) is 14.6. The minimum absolute atomic E-state index is 0.245. The summed E-state index contributed by atoms with van der Waals surface area (Å²) in [5.41, 5.74) is 2.45. The summed E-state index contributed by atoms with van der Waals surface area (Å²) in [6.07, 6.45) is 0.946. The first-order chi connectivity index (χ1) is 8.18. The maximum Gasteiger partial charge on any atom is 0.303 e. The molecule has 0 atom stereocenters. The third-order valence-corrected chi connectivity index (χ3v) is 3.16. The highest BCUT2D eigenvalue weighted by atomic mass is 16.4. The molecule has 92 valence electrons. The first-order valence-electron chi connectivity index (χ1n) is 5.95. The van der Waals surface area contributed by atoms with Gasteiger partial charge in [-0.15, -0.1) is 0 Å². The molecule has 0 radical (unpaired) electrons. The summed E-state index contributed by atoms with van der Waals surface area (Å²) in [4.78, 5) is 15.0. The van der Waals surface area contributed by atoms with E-state index < -0.39 is 5.97 Å². The molecule has 0 spiro atoms. The highest BCUT2D eigenvalue weighted by Gasteiger charge is 2.19. The lowest BCUT2D eigenvalue weighted by atomic mass is 10.1. The van der Waals surface area contributed by atoms with E-state index >= 15 is 0 Å². The van der Waals surface area contributed by atoms with Crippen LogP contribution in [0, 0.1) is 0 Å². The molecule has 0 aliphatic carbocycles. The lowest BCUT2D eigenvalue weighted by molar-refractivity contribution is -0.137. The summed E-state index contributed by atoms with van der Waals surface area (Å²) in [5, 5.41) is 8.65. The summed E-state index contributed by atoms with van der Waals surface area (Å²) in [6.45, 7) is 2.77. The van der Waals surface area contributed by atoms with Gasteiger partial charge in [0, 0.05) is 33.1 Å². The lowest BCUT2D eigenvalue weighted by Crippen LogP contribution is -2.39. The molecule has 17 heavy (non-hydrogen) atoms. The molecule has 1 N–H and O–H groups in total. The van der Waals surface area contributed by atoms with Crippen LogP contribution in [0.25, 0.3) is 0 Å². The largest absolute Gasteiger partial charge is 0.481 e. The van der Waals surface area contributed by atoms with Crippen LogP contribution >= 0.6 is 0 Å². The van der Waals surface area contributed by atoms with Gasteiger partial charge in [-0.2, -0.15) is 0 Å². The molecule has 0 aromatic heterocycles. The molecule has 1 aliphatic rings. The molecule has 1 aliphatic heterocycles. The Morgan fingerprint density at radius 3 is 2.71 bits per heavy atom. The fourth-order valence-corrected chi connectivity index (χ4v) is 2.22. The molecular weight excluding hydrogens is 216 g/mol. The number of likely N-dealkylation sites (N-methyl/N-ethyl adjacent to an activating group) is 1. The second-order valence-corrected chi connectivity index (χ2v) is 4.39. The van der Waals surface area contributed by atoms with Crippen LogP contribution in [0.15, 0.2) is 24.3 Å². The van der Waals surface area contributed by atoms with Gasteiger partial charge in [0.25, 0.3) is 0 Å². The molecule has 1 heterocycles. The zero-order valence-corrected chi connectivity index (χ0v) is 10.1. The number of fused-ring (bicyclic) bond motifs is 1. The minimum atomic E-state index is -0.715. The topological polar surface area (TPSA) is 43.8 Å². The molecule has 0 amide bonds. The Morgan fingerprint density at radius 2 is 2.00 bits per heavy atom. The average Bonchev–Trinajstić information content (AvgIpc) is 2.32. The van der Waals surface area contributed by atoms with Gasteiger partial charge in [-0.1, -0.05) is 12.1 Å². The summed E-state index contributed by atoms with van der Waals surface area (Å²) in [6, 6.07) is 8.28. The maximum atomic E-state index is 10.5. The van der Waals surface area contributed by atoms with Crippen molar-refractivity contribution in [2.24, 2.45) is 0 Å². The number of carboxylic acid groups (broad SMARTS) is 1. The van der Waals surface area contributed by atoms with E-state index in [9.17, 15) is 4.79 Å². The highest BCUT2D eigenvalue weighted by molar-refractivity contribution is 5.73. The Hall–Kier alpha value is -1.71. The molecule has 4 heteroatoms. The lowest BCUT2D eigenvalue weighted by Gasteiger charge is -2.37. The Morgan fingerprint density at radius 1 is 1.29 bits per heavy atom. The van der Waals surface area contributed by atoms with E-state index in [-0.39, 0.29) is 6.42 Å². The van der Waals surface area contributed by atoms with Crippen LogP contribution < -0.4 is 9.80 Å². The van der Waals surface area contributed by atoms with Gasteiger partial charge in [0.2, 0.25) is 0 Å². The fourth-order valence-electron chi connectivity index (χ4n) is 2.22. The predicted octanol–water partition coefficient (Wildman–Crippen LogP) is 1.81. The number of rotatable bonds is 4. The van der Waals surface area contributed by atoms with E-state index in [1.807, 2.05) is 12.1 Å². The summed E-state index contributed by atoms with van der Waals surface area (Å²) >= 11 is 0. The zero-order chi connectivity index (χ0) is 12.3. The molecule has 1 aromatic carbocycles. The first-order valence-corrected chi connectivity index (χ1v) is 5.95. The quantitative estimate of drug-likeness (QED) is 0.863. The van der Waals surface area contributed by atoms with E-state index in [0.717, 1.165) is 19.6 Å². The van der Waals surface area contributed by atoms with Gasteiger partial charge in [0.15, 0.2) is 0 Å². The number of anilines is 2. The van der Waals surface area contributed by atoms with Gasteiger partial charge >= 0.3 is 5.97 Å². The molecule has 0 unspecified atom stereocenters.